The number of fused-ring (bicyclic) bond motifs is 1. The third-order valence-electron chi connectivity index (χ3n) is 2.77. The van der Waals surface area contributed by atoms with Gasteiger partial charge in [0.25, 0.3) is 0 Å². The maximum Gasteiger partial charge on any atom is 0.309 e. The Balaban J connectivity index is 2.04. The molecule has 2 fully saturated rings. The molecule has 0 bridgehead atoms. The lowest BCUT2D eigenvalue weighted by molar-refractivity contribution is -0.148. The second-order valence-corrected chi connectivity index (χ2v) is 3.22. The van der Waals surface area contributed by atoms with Crippen molar-refractivity contribution >= 4 is 5.97 Å². The van der Waals surface area contributed by atoms with E-state index in [1.54, 1.807) is 0 Å². The van der Waals surface area contributed by atoms with E-state index in [0.29, 0.717) is 24.4 Å². The molecule has 1 aliphatic heterocycles. The topological polar surface area (TPSA) is 26.3 Å². The first-order valence-corrected chi connectivity index (χ1v) is 4.01. The van der Waals surface area contributed by atoms with Crippen LogP contribution in [0.25, 0.3) is 0 Å². The molecule has 56 valence electrons. The van der Waals surface area contributed by atoms with Gasteiger partial charge in [-0.3, -0.25) is 4.79 Å². The van der Waals surface area contributed by atoms with E-state index < -0.39 is 0 Å². The van der Waals surface area contributed by atoms with E-state index >= 15 is 0 Å². The van der Waals surface area contributed by atoms with Gasteiger partial charge in [0.05, 0.1) is 12.5 Å². The minimum atomic E-state index is 0.0584. The van der Waals surface area contributed by atoms with Crippen molar-refractivity contribution in [1.82, 2.24) is 0 Å². The van der Waals surface area contributed by atoms with Crippen molar-refractivity contribution in [1.29, 1.82) is 0 Å². The van der Waals surface area contributed by atoms with Gasteiger partial charge < -0.3 is 4.74 Å². The highest BCUT2D eigenvalue weighted by atomic mass is 16.5. The predicted molar refractivity (Wildman–Crippen MR) is 36.3 cm³/mol. The van der Waals surface area contributed by atoms with E-state index in [9.17, 15) is 4.79 Å². The van der Waals surface area contributed by atoms with Gasteiger partial charge in [0.2, 0.25) is 0 Å². The Labute approximate surface area is 60.6 Å². The largest absolute Gasteiger partial charge is 0.465 e. The molecular formula is C8H12O2. The number of rotatable bonds is 1. The Morgan fingerprint density at radius 2 is 2.50 bits per heavy atom. The zero-order valence-corrected chi connectivity index (χ0v) is 6.17. The molecule has 1 aliphatic carbocycles. The first-order valence-electron chi connectivity index (χ1n) is 4.01. The fourth-order valence-electron chi connectivity index (χ4n) is 2.14. The van der Waals surface area contributed by atoms with E-state index in [2.05, 4.69) is 6.92 Å². The molecule has 0 unspecified atom stereocenters. The van der Waals surface area contributed by atoms with Crippen LogP contribution in [0.1, 0.15) is 19.8 Å². The van der Waals surface area contributed by atoms with Gasteiger partial charge in [0.1, 0.15) is 0 Å². The molecule has 2 aliphatic rings. The molecule has 0 aromatic rings. The second kappa shape index (κ2) is 1.97. The van der Waals surface area contributed by atoms with Gasteiger partial charge in [-0.2, -0.15) is 0 Å². The van der Waals surface area contributed by atoms with Crippen LogP contribution in [0.5, 0.6) is 0 Å². The Morgan fingerprint density at radius 1 is 1.70 bits per heavy atom. The van der Waals surface area contributed by atoms with Gasteiger partial charge in [0, 0.05) is 0 Å². The van der Waals surface area contributed by atoms with Crippen molar-refractivity contribution in [3.8, 4) is 0 Å². The molecule has 2 rings (SSSR count). The van der Waals surface area contributed by atoms with E-state index in [4.69, 9.17) is 4.74 Å². The summed E-state index contributed by atoms with van der Waals surface area (Å²) in [5.74, 6) is 1.70. The summed E-state index contributed by atoms with van der Waals surface area (Å²) >= 11 is 0. The molecule has 10 heavy (non-hydrogen) atoms. The van der Waals surface area contributed by atoms with Crippen molar-refractivity contribution in [2.24, 2.45) is 17.8 Å². The maximum absolute atomic E-state index is 11.0. The van der Waals surface area contributed by atoms with Crippen molar-refractivity contribution in [2.45, 2.75) is 19.8 Å². The molecule has 2 nitrogen and oxygen atoms in total. The van der Waals surface area contributed by atoms with Crippen molar-refractivity contribution in [3.63, 3.8) is 0 Å². The summed E-state index contributed by atoms with van der Waals surface area (Å²) in [4.78, 5) is 11.0. The lowest BCUT2D eigenvalue weighted by Crippen LogP contribution is -2.15. The van der Waals surface area contributed by atoms with Crippen LogP contribution in [0.3, 0.4) is 0 Å². The molecule has 0 amide bonds. The number of hydrogen-bond donors (Lipinski definition) is 0. The number of esters is 1. The van der Waals surface area contributed by atoms with Crippen LogP contribution in [-0.4, -0.2) is 12.6 Å². The van der Waals surface area contributed by atoms with Gasteiger partial charge in [-0.05, 0) is 18.3 Å². The van der Waals surface area contributed by atoms with Crippen molar-refractivity contribution in [2.75, 3.05) is 6.61 Å². The number of carbonyl (C=O) groups excluding carboxylic acids is 1. The summed E-state index contributed by atoms with van der Waals surface area (Å²) in [6.07, 6.45) is 2.25. The lowest BCUT2D eigenvalue weighted by Gasteiger charge is -2.07. The highest BCUT2D eigenvalue weighted by Crippen LogP contribution is 2.53. The number of carbonyl (C=O) groups is 1. The monoisotopic (exact) mass is 140 g/mol. The molecule has 1 saturated carbocycles. The molecule has 2 heteroatoms. The van der Waals surface area contributed by atoms with Crippen molar-refractivity contribution in [3.05, 3.63) is 0 Å². The molecule has 0 aromatic heterocycles. The van der Waals surface area contributed by atoms with Crippen molar-refractivity contribution < 1.29 is 9.53 Å². The van der Waals surface area contributed by atoms with Crippen LogP contribution in [0.2, 0.25) is 0 Å². The van der Waals surface area contributed by atoms with E-state index in [-0.39, 0.29) is 5.97 Å². The fraction of sp³-hybridized carbons (Fsp3) is 0.875. The number of ether oxygens (including phenoxy) is 1. The minimum Gasteiger partial charge on any atom is -0.465 e. The summed E-state index contributed by atoms with van der Waals surface area (Å²) in [6.45, 7) is 2.81. The summed E-state index contributed by atoms with van der Waals surface area (Å²) in [5.41, 5.74) is 0. The summed E-state index contributed by atoms with van der Waals surface area (Å²) in [5, 5.41) is 0. The molecule has 0 aromatic carbocycles. The predicted octanol–water partition coefficient (Wildman–Crippen LogP) is 1.21. The summed E-state index contributed by atoms with van der Waals surface area (Å²) in [6, 6.07) is 0. The van der Waals surface area contributed by atoms with Crippen LogP contribution >= 0.6 is 0 Å². The average Bonchev–Trinajstić information content (AvgIpc) is 2.63. The lowest BCUT2D eigenvalue weighted by atomic mass is 10.2. The third kappa shape index (κ3) is 0.678. The van der Waals surface area contributed by atoms with Gasteiger partial charge in [-0.1, -0.05) is 13.3 Å². The Kier molecular flexibility index (Phi) is 1.22. The Bertz CT molecular complexity index is 161. The summed E-state index contributed by atoms with van der Waals surface area (Å²) < 4.78 is 4.92. The smallest absolute Gasteiger partial charge is 0.309 e. The highest BCUT2D eigenvalue weighted by Gasteiger charge is 2.55. The summed E-state index contributed by atoms with van der Waals surface area (Å²) in [7, 11) is 0. The number of cyclic esters (lactones) is 1. The quantitative estimate of drug-likeness (QED) is 0.512. The molecule has 1 saturated heterocycles. The van der Waals surface area contributed by atoms with E-state index in [0.717, 1.165) is 12.8 Å². The van der Waals surface area contributed by atoms with Crippen LogP contribution in [0.4, 0.5) is 0 Å². The Hall–Kier alpha value is -0.530. The van der Waals surface area contributed by atoms with E-state index in [1.165, 1.54) is 0 Å². The molecular weight excluding hydrogens is 128 g/mol. The van der Waals surface area contributed by atoms with Gasteiger partial charge in [-0.25, -0.2) is 0 Å². The maximum atomic E-state index is 11.0. The zero-order chi connectivity index (χ0) is 7.14. The average molecular weight is 140 g/mol. The molecule has 3 atom stereocenters. The number of hydrogen-bond acceptors (Lipinski definition) is 2. The van der Waals surface area contributed by atoms with E-state index in [1.807, 2.05) is 0 Å². The second-order valence-electron chi connectivity index (χ2n) is 3.22. The fourth-order valence-corrected chi connectivity index (χ4v) is 2.14. The van der Waals surface area contributed by atoms with Crippen LogP contribution in [0.15, 0.2) is 0 Å². The molecule has 0 N–H and O–H groups in total. The highest BCUT2D eigenvalue weighted by molar-refractivity contribution is 5.77. The minimum absolute atomic E-state index is 0.0584. The van der Waals surface area contributed by atoms with Crippen LogP contribution < -0.4 is 0 Å². The third-order valence-corrected chi connectivity index (χ3v) is 2.77. The van der Waals surface area contributed by atoms with Gasteiger partial charge >= 0.3 is 5.97 Å². The molecule has 0 spiro atoms. The molecule has 1 heterocycles. The van der Waals surface area contributed by atoms with Gasteiger partial charge in [0.15, 0.2) is 0 Å². The van der Waals surface area contributed by atoms with Crippen LogP contribution in [0, 0.1) is 17.8 Å². The normalized spacial score (nSPS) is 44.1. The first kappa shape index (κ1) is 6.20. The standard InChI is InChI=1S/C8H12O2/c1-2-5-6-3-4-10-8(9)7(5)6/h5-7H,2-4H2,1H3/t5-,6-,7+/m0/s1. The molecule has 0 radical (unpaired) electrons. The van der Waals surface area contributed by atoms with Crippen LogP contribution in [-0.2, 0) is 9.53 Å². The Morgan fingerprint density at radius 3 is 3.10 bits per heavy atom. The first-order chi connectivity index (χ1) is 4.84. The zero-order valence-electron chi connectivity index (χ0n) is 6.17. The van der Waals surface area contributed by atoms with Gasteiger partial charge in [-0.15, -0.1) is 0 Å². The SMILES string of the molecule is CC[C@H]1[C@@H]2CCOC(=O)[C@H]12.